The number of ether oxygens (including phenoxy) is 1. The SMILES string of the molecule is CC(C)C[C@H](NC(=O)c1cc2ccccc2o1)C(=O)N[C@H]1CC[C@@H](C)N(C(=O)OCc2ccccc2)C[C@@H]1O. The van der Waals surface area contributed by atoms with Crippen molar-refractivity contribution in [3.63, 3.8) is 0 Å². The van der Waals surface area contributed by atoms with Gasteiger partial charge in [0.25, 0.3) is 5.91 Å². The molecule has 0 unspecified atom stereocenters. The van der Waals surface area contributed by atoms with E-state index in [1.807, 2.05) is 69.3 Å². The minimum Gasteiger partial charge on any atom is -0.451 e. The van der Waals surface area contributed by atoms with Crippen LogP contribution >= 0.6 is 0 Å². The average Bonchev–Trinajstić information content (AvgIpc) is 3.31. The number of benzene rings is 2. The first-order valence-corrected chi connectivity index (χ1v) is 13.5. The first-order chi connectivity index (χ1) is 18.7. The summed E-state index contributed by atoms with van der Waals surface area (Å²) in [5, 5.41) is 17.5. The highest BCUT2D eigenvalue weighted by Gasteiger charge is 2.35. The lowest BCUT2D eigenvalue weighted by Crippen LogP contribution is -2.54. The molecule has 1 fully saturated rings. The van der Waals surface area contributed by atoms with Crippen molar-refractivity contribution in [3.05, 3.63) is 72.0 Å². The van der Waals surface area contributed by atoms with E-state index in [9.17, 15) is 19.5 Å². The number of hydrogen-bond donors (Lipinski definition) is 3. The fraction of sp³-hybridized carbons (Fsp3) is 0.433. The van der Waals surface area contributed by atoms with Gasteiger partial charge in [0.05, 0.1) is 18.7 Å². The Bertz CT molecular complexity index is 1240. The highest BCUT2D eigenvalue weighted by atomic mass is 16.6. The molecule has 3 amide bonds. The summed E-state index contributed by atoms with van der Waals surface area (Å²) >= 11 is 0. The number of aliphatic hydroxyl groups excluding tert-OH is 1. The first kappa shape index (κ1) is 28.2. The van der Waals surface area contributed by atoms with E-state index < -0.39 is 30.2 Å². The topological polar surface area (TPSA) is 121 Å². The molecule has 4 atom stereocenters. The van der Waals surface area contributed by atoms with Gasteiger partial charge in [-0.1, -0.05) is 62.4 Å². The van der Waals surface area contributed by atoms with Gasteiger partial charge in [-0.3, -0.25) is 9.59 Å². The van der Waals surface area contributed by atoms with Crippen LogP contribution in [0.5, 0.6) is 0 Å². The molecule has 0 aliphatic carbocycles. The number of furan rings is 1. The zero-order valence-corrected chi connectivity index (χ0v) is 22.6. The van der Waals surface area contributed by atoms with Crippen LogP contribution in [-0.2, 0) is 16.1 Å². The smallest absolute Gasteiger partial charge is 0.410 e. The number of aliphatic hydroxyl groups is 1. The number of fused-ring (bicyclic) bond motifs is 1. The molecular weight excluding hydrogens is 498 g/mol. The molecule has 9 heteroatoms. The number of carbonyl (C=O) groups is 3. The van der Waals surface area contributed by atoms with Crippen molar-refractivity contribution in [1.82, 2.24) is 15.5 Å². The van der Waals surface area contributed by atoms with Crippen molar-refractivity contribution in [2.24, 2.45) is 5.92 Å². The largest absolute Gasteiger partial charge is 0.451 e. The molecule has 0 radical (unpaired) electrons. The van der Waals surface area contributed by atoms with Gasteiger partial charge in [-0.05, 0) is 49.8 Å². The van der Waals surface area contributed by atoms with Crippen LogP contribution in [0.1, 0.15) is 56.2 Å². The second kappa shape index (κ2) is 12.8. The van der Waals surface area contributed by atoms with Crippen LogP contribution in [0.2, 0.25) is 0 Å². The van der Waals surface area contributed by atoms with E-state index in [0.717, 1.165) is 10.9 Å². The Kier molecular flexibility index (Phi) is 9.24. The van der Waals surface area contributed by atoms with E-state index in [0.29, 0.717) is 24.8 Å². The molecule has 1 saturated heterocycles. The number of nitrogens with zero attached hydrogens (tertiary/aromatic N) is 1. The van der Waals surface area contributed by atoms with Crippen LogP contribution in [-0.4, -0.2) is 58.7 Å². The van der Waals surface area contributed by atoms with Crippen LogP contribution in [0.15, 0.2) is 65.1 Å². The normalized spacial score (nSPS) is 20.3. The Hall–Kier alpha value is -3.85. The highest BCUT2D eigenvalue weighted by molar-refractivity contribution is 5.98. The van der Waals surface area contributed by atoms with E-state index in [2.05, 4.69) is 10.6 Å². The number of carbonyl (C=O) groups excluding carboxylic acids is 3. The lowest BCUT2D eigenvalue weighted by molar-refractivity contribution is -0.125. The minimum atomic E-state index is -0.992. The summed E-state index contributed by atoms with van der Waals surface area (Å²) in [6, 6.07) is 16.8. The maximum absolute atomic E-state index is 13.3. The van der Waals surface area contributed by atoms with Crippen LogP contribution in [0.4, 0.5) is 4.79 Å². The third kappa shape index (κ3) is 7.38. The van der Waals surface area contributed by atoms with Gasteiger partial charge in [0, 0.05) is 11.4 Å². The Morgan fingerprint density at radius 2 is 1.79 bits per heavy atom. The van der Waals surface area contributed by atoms with Gasteiger partial charge in [0.1, 0.15) is 18.2 Å². The quantitative estimate of drug-likeness (QED) is 0.397. The van der Waals surface area contributed by atoms with Gasteiger partial charge in [-0.2, -0.15) is 0 Å². The summed E-state index contributed by atoms with van der Waals surface area (Å²) in [6.07, 6.45) is -0.0397. The summed E-state index contributed by atoms with van der Waals surface area (Å²) < 4.78 is 11.1. The summed E-state index contributed by atoms with van der Waals surface area (Å²) in [5.41, 5.74) is 1.47. The Balaban J connectivity index is 1.38. The van der Waals surface area contributed by atoms with Crippen molar-refractivity contribution in [2.45, 2.75) is 70.9 Å². The van der Waals surface area contributed by atoms with E-state index >= 15 is 0 Å². The minimum absolute atomic E-state index is 0.0277. The molecule has 0 spiro atoms. The molecule has 1 aliphatic heterocycles. The molecule has 1 aromatic heterocycles. The van der Waals surface area contributed by atoms with E-state index in [4.69, 9.17) is 9.15 Å². The summed E-state index contributed by atoms with van der Waals surface area (Å²) in [4.78, 5) is 40.6. The number of likely N-dealkylation sites (tertiary alicyclic amines) is 1. The maximum atomic E-state index is 13.3. The van der Waals surface area contributed by atoms with Crippen LogP contribution in [0, 0.1) is 5.92 Å². The first-order valence-electron chi connectivity index (χ1n) is 13.5. The number of β-amino-alcohol motifs (C(OH)–C–C–N with tert-alkyl or cyclic N) is 1. The fourth-order valence-corrected chi connectivity index (χ4v) is 4.81. The van der Waals surface area contributed by atoms with Gasteiger partial charge in [0.2, 0.25) is 5.91 Å². The van der Waals surface area contributed by atoms with E-state index in [1.165, 1.54) is 4.90 Å². The van der Waals surface area contributed by atoms with Gasteiger partial charge < -0.3 is 29.8 Å². The van der Waals surface area contributed by atoms with Crippen molar-refractivity contribution in [2.75, 3.05) is 6.54 Å². The molecule has 39 heavy (non-hydrogen) atoms. The predicted octanol–water partition coefficient (Wildman–Crippen LogP) is 4.24. The molecule has 2 heterocycles. The Labute approximate surface area is 228 Å². The number of amides is 3. The fourth-order valence-electron chi connectivity index (χ4n) is 4.81. The lowest BCUT2D eigenvalue weighted by atomic mass is 10.0. The van der Waals surface area contributed by atoms with Crippen molar-refractivity contribution >= 4 is 28.9 Å². The summed E-state index contributed by atoms with van der Waals surface area (Å²) in [7, 11) is 0. The van der Waals surface area contributed by atoms with Crippen LogP contribution < -0.4 is 10.6 Å². The average molecular weight is 536 g/mol. The van der Waals surface area contributed by atoms with E-state index in [-0.39, 0.29) is 36.8 Å². The van der Waals surface area contributed by atoms with Gasteiger partial charge in [-0.15, -0.1) is 0 Å². The third-order valence-corrected chi connectivity index (χ3v) is 7.02. The molecule has 208 valence electrons. The molecule has 3 N–H and O–H groups in total. The Morgan fingerprint density at radius 3 is 2.51 bits per heavy atom. The van der Waals surface area contributed by atoms with Gasteiger partial charge >= 0.3 is 6.09 Å². The zero-order valence-electron chi connectivity index (χ0n) is 22.6. The van der Waals surface area contributed by atoms with Gasteiger partial charge in [-0.25, -0.2) is 4.79 Å². The molecule has 9 nitrogen and oxygen atoms in total. The summed E-state index contributed by atoms with van der Waals surface area (Å²) in [5.74, 6) is -0.601. The molecule has 2 aromatic carbocycles. The highest BCUT2D eigenvalue weighted by Crippen LogP contribution is 2.21. The molecule has 4 rings (SSSR count). The van der Waals surface area contributed by atoms with Gasteiger partial charge in [0.15, 0.2) is 5.76 Å². The maximum Gasteiger partial charge on any atom is 0.410 e. The summed E-state index contributed by atoms with van der Waals surface area (Å²) in [6.45, 7) is 6.00. The van der Waals surface area contributed by atoms with Crippen LogP contribution in [0.25, 0.3) is 11.0 Å². The molecule has 1 aliphatic rings. The standard InChI is InChI=1S/C30H37N3O6/c1-19(2)15-24(32-29(36)27-16-22-11-7-8-12-26(22)39-27)28(35)31-23-14-13-20(3)33(17-25(23)34)30(37)38-18-21-9-5-4-6-10-21/h4-12,16,19-20,23-25,34H,13-15,17-18H2,1-3H3,(H,31,35)(H,32,36)/t20-,23+,24+,25+/m1/s1. The van der Waals surface area contributed by atoms with E-state index in [1.54, 1.807) is 12.1 Å². The monoisotopic (exact) mass is 535 g/mol. The molecular formula is C30H37N3O6. The number of nitrogens with one attached hydrogen (secondary N) is 2. The van der Waals surface area contributed by atoms with Crippen LogP contribution in [0.3, 0.4) is 0 Å². The number of hydrogen-bond acceptors (Lipinski definition) is 6. The van der Waals surface area contributed by atoms with Crippen molar-refractivity contribution < 1.29 is 28.6 Å². The number of para-hydroxylation sites is 1. The number of rotatable bonds is 8. The second-order valence-corrected chi connectivity index (χ2v) is 10.6. The molecule has 0 bridgehead atoms. The van der Waals surface area contributed by atoms with Crippen molar-refractivity contribution in [1.29, 1.82) is 0 Å². The third-order valence-electron chi connectivity index (χ3n) is 7.02. The lowest BCUT2D eigenvalue weighted by Gasteiger charge is -2.29. The molecule has 0 saturated carbocycles. The Morgan fingerprint density at radius 1 is 1.08 bits per heavy atom. The predicted molar refractivity (Wildman–Crippen MR) is 147 cm³/mol. The van der Waals surface area contributed by atoms with Crippen molar-refractivity contribution in [3.8, 4) is 0 Å². The molecule has 3 aromatic rings. The zero-order chi connectivity index (χ0) is 27.9. The second-order valence-electron chi connectivity index (χ2n) is 10.6.